The topological polar surface area (TPSA) is 38.5 Å². The maximum Gasteiger partial charge on any atom is 0.148 e. The Balaban J connectivity index is 2.75. The Morgan fingerprint density at radius 3 is 3.00 bits per heavy atom. The second-order valence-electron chi connectivity index (χ2n) is 2.30. The summed E-state index contributed by atoms with van der Waals surface area (Å²) in [4.78, 5) is 0. The summed E-state index contributed by atoms with van der Waals surface area (Å²) in [5, 5.41) is 0. The number of hydrazine groups is 1. The van der Waals surface area contributed by atoms with Gasteiger partial charge in [-0.2, -0.15) is 0 Å². The molecule has 68 valence electrons. The van der Waals surface area contributed by atoms with Gasteiger partial charge in [0.1, 0.15) is 12.4 Å². The summed E-state index contributed by atoms with van der Waals surface area (Å²) in [5.41, 5.74) is 0.649. The van der Waals surface area contributed by atoms with E-state index in [4.69, 9.17) is 28.8 Å². The van der Waals surface area contributed by atoms with Crippen molar-refractivity contribution >= 4 is 17.5 Å². The number of anilines is 1. The SMILES string of the molecule is C#CCOc1cccc(N(N)Cl)c1. The zero-order chi connectivity index (χ0) is 9.68. The summed E-state index contributed by atoms with van der Waals surface area (Å²) >= 11 is 5.52. The Labute approximate surface area is 82.1 Å². The summed E-state index contributed by atoms with van der Waals surface area (Å²) in [5.74, 6) is 8.32. The van der Waals surface area contributed by atoms with Gasteiger partial charge in [-0.1, -0.05) is 12.0 Å². The number of hydrogen-bond donors (Lipinski definition) is 1. The third-order valence-electron chi connectivity index (χ3n) is 1.39. The van der Waals surface area contributed by atoms with Gasteiger partial charge in [-0.05, 0) is 12.1 Å². The van der Waals surface area contributed by atoms with Crippen LogP contribution in [0.15, 0.2) is 24.3 Å². The Bertz CT molecular complexity index is 320. The quantitative estimate of drug-likeness (QED) is 0.345. The van der Waals surface area contributed by atoms with Crippen molar-refractivity contribution in [1.29, 1.82) is 0 Å². The van der Waals surface area contributed by atoms with Gasteiger partial charge in [0, 0.05) is 17.8 Å². The molecule has 0 heterocycles. The van der Waals surface area contributed by atoms with Gasteiger partial charge in [-0.15, -0.1) is 6.42 Å². The normalized spacial score (nSPS) is 9.00. The number of halogens is 1. The average Bonchev–Trinajstić information content (AvgIpc) is 2.15. The summed E-state index contributed by atoms with van der Waals surface area (Å²) < 4.78 is 6.16. The van der Waals surface area contributed by atoms with E-state index in [0.29, 0.717) is 11.4 Å². The van der Waals surface area contributed by atoms with Gasteiger partial charge in [0.05, 0.1) is 5.69 Å². The number of nitrogens with zero attached hydrogens (tertiary/aromatic N) is 1. The minimum Gasteiger partial charge on any atom is -0.481 e. The highest BCUT2D eigenvalue weighted by Gasteiger charge is 1.99. The number of hydrogen-bond acceptors (Lipinski definition) is 3. The average molecular weight is 197 g/mol. The second kappa shape index (κ2) is 4.61. The molecule has 0 aliphatic carbocycles. The van der Waals surface area contributed by atoms with Gasteiger partial charge < -0.3 is 4.74 Å². The highest BCUT2D eigenvalue weighted by atomic mass is 35.5. The molecule has 0 saturated carbocycles. The summed E-state index contributed by atoms with van der Waals surface area (Å²) in [6, 6.07) is 7.02. The lowest BCUT2D eigenvalue weighted by atomic mass is 10.3. The molecular weight excluding hydrogens is 188 g/mol. The van der Waals surface area contributed by atoms with E-state index in [1.807, 2.05) is 0 Å². The first-order valence-electron chi connectivity index (χ1n) is 3.61. The first-order valence-corrected chi connectivity index (χ1v) is 3.95. The van der Waals surface area contributed by atoms with Crippen molar-refractivity contribution in [2.45, 2.75) is 0 Å². The van der Waals surface area contributed by atoms with Gasteiger partial charge in [-0.25, -0.2) is 10.4 Å². The van der Waals surface area contributed by atoms with E-state index in [1.165, 1.54) is 0 Å². The fourth-order valence-corrected chi connectivity index (χ4v) is 0.936. The lowest BCUT2D eigenvalue weighted by Gasteiger charge is -2.09. The number of benzene rings is 1. The van der Waals surface area contributed by atoms with Gasteiger partial charge >= 0.3 is 0 Å². The minimum absolute atomic E-state index is 0.232. The molecule has 13 heavy (non-hydrogen) atoms. The van der Waals surface area contributed by atoms with E-state index in [-0.39, 0.29) is 6.61 Å². The minimum atomic E-state index is 0.232. The molecule has 0 aromatic heterocycles. The number of terminal acetylenes is 1. The van der Waals surface area contributed by atoms with E-state index in [0.717, 1.165) is 4.53 Å². The van der Waals surface area contributed by atoms with Crippen LogP contribution in [0.2, 0.25) is 0 Å². The van der Waals surface area contributed by atoms with E-state index in [2.05, 4.69) is 5.92 Å². The van der Waals surface area contributed by atoms with Crippen molar-refractivity contribution in [2.24, 2.45) is 5.84 Å². The Morgan fingerprint density at radius 2 is 2.38 bits per heavy atom. The molecule has 0 unspecified atom stereocenters. The smallest absolute Gasteiger partial charge is 0.148 e. The summed E-state index contributed by atoms with van der Waals surface area (Å²) in [7, 11) is 0. The van der Waals surface area contributed by atoms with Crippen molar-refractivity contribution in [3.8, 4) is 18.1 Å². The van der Waals surface area contributed by atoms with Crippen molar-refractivity contribution in [2.75, 3.05) is 11.1 Å². The van der Waals surface area contributed by atoms with Crippen LogP contribution >= 0.6 is 11.8 Å². The third kappa shape index (κ3) is 2.86. The van der Waals surface area contributed by atoms with Crippen LogP contribution in [0.25, 0.3) is 0 Å². The molecule has 0 fully saturated rings. The first-order chi connectivity index (χ1) is 6.24. The largest absolute Gasteiger partial charge is 0.481 e. The Morgan fingerprint density at radius 1 is 1.62 bits per heavy atom. The van der Waals surface area contributed by atoms with Crippen molar-refractivity contribution in [1.82, 2.24) is 0 Å². The zero-order valence-corrected chi connectivity index (χ0v) is 7.66. The van der Waals surface area contributed by atoms with E-state index < -0.39 is 0 Å². The molecule has 4 heteroatoms. The highest BCUT2D eigenvalue weighted by Crippen LogP contribution is 2.19. The molecule has 2 N–H and O–H groups in total. The summed E-state index contributed by atoms with van der Waals surface area (Å²) in [6.45, 7) is 0.232. The van der Waals surface area contributed by atoms with Crippen molar-refractivity contribution < 1.29 is 4.74 Å². The lowest BCUT2D eigenvalue weighted by Crippen LogP contribution is -2.18. The lowest BCUT2D eigenvalue weighted by molar-refractivity contribution is 0.370. The first kappa shape index (κ1) is 9.72. The Hall–Kier alpha value is -1.37. The third-order valence-corrected chi connectivity index (χ3v) is 1.58. The molecule has 0 aliphatic rings. The standard InChI is InChI=1S/C9H9ClN2O/c1-2-6-13-9-5-3-4-8(7-9)12(10)11/h1,3-5,7H,6,11H2. The monoisotopic (exact) mass is 196 g/mol. The Kier molecular flexibility index (Phi) is 3.44. The molecular formula is C9H9ClN2O. The molecule has 0 spiro atoms. The molecule has 0 radical (unpaired) electrons. The van der Waals surface area contributed by atoms with Crippen LogP contribution in [0.4, 0.5) is 5.69 Å². The molecule has 1 aromatic carbocycles. The number of rotatable bonds is 3. The molecule has 1 rings (SSSR count). The van der Waals surface area contributed by atoms with Gasteiger partial charge in [0.15, 0.2) is 0 Å². The fraction of sp³-hybridized carbons (Fsp3) is 0.111. The predicted molar refractivity (Wildman–Crippen MR) is 53.3 cm³/mol. The van der Waals surface area contributed by atoms with Crippen molar-refractivity contribution in [3.63, 3.8) is 0 Å². The number of nitrogens with two attached hydrogens (primary N) is 1. The van der Waals surface area contributed by atoms with Crippen LogP contribution in [-0.2, 0) is 0 Å². The van der Waals surface area contributed by atoms with Crippen LogP contribution in [0.1, 0.15) is 0 Å². The summed E-state index contributed by atoms with van der Waals surface area (Å²) in [6.07, 6.45) is 5.04. The van der Waals surface area contributed by atoms with Crippen LogP contribution in [0.5, 0.6) is 5.75 Å². The van der Waals surface area contributed by atoms with Gasteiger partial charge in [0.25, 0.3) is 0 Å². The molecule has 1 aromatic rings. The van der Waals surface area contributed by atoms with Crippen LogP contribution in [-0.4, -0.2) is 6.61 Å². The molecule has 0 saturated heterocycles. The maximum atomic E-state index is 5.52. The molecule has 0 atom stereocenters. The number of ether oxygens (including phenoxy) is 1. The highest BCUT2D eigenvalue weighted by molar-refractivity contribution is 6.24. The predicted octanol–water partition coefficient (Wildman–Crippen LogP) is 1.53. The van der Waals surface area contributed by atoms with Crippen molar-refractivity contribution in [3.05, 3.63) is 24.3 Å². The van der Waals surface area contributed by atoms with Crippen LogP contribution < -0.4 is 15.1 Å². The van der Waals surface area contributed by atoms with Crippen LogP contribution in [0, 0.1) is 12.3 Å². The zero-order valence-electron chi connectivity index (χ0n) is 6.90. The molecule has 0 amide bonds. The van der Waals surface area contributed by atoms with Gasteiger partial charge in [0.2, 0.25) is 0 Å². The van der Waals surface area contributed by atoms with E-state index >= 15 is 0 Å². The van der Waals surface area contributed by atoms with Gasteiger partial charge in [-0.3, -0.25) is 0 Å². The fourth-order valence-electron chi connectivity index (χ4n) is 0.831. The maximum absolute atomic E-state index is 5.52. The second-order valence-corrected chi connectivity index (χ2v) is 2.67. The molecule has 3 nitrogen and oxygen atoms in total. The van der Waals surface area contributed by atoms with E-state index in [1.54, 1.807) is 24.3 Å². The van der Waals surface area contributed by atoms with E-state index in [9.17, 15) is 0 Å². The van der Waals surface area contributed by atoms with Crippen LogP contribution in [0.3, 0.4) is 0 Å². The molecule has 0 bridgehead atoms. The molecule has 0 aliphatic heterocycles.